The molecule has 0 atom stereocenters. The minimum Gasteiger partial charge on any atom is -0.355 e. The number of halogens is 2. The van der Waals surface area contributed by atoms with E-state index in [0.29, 0.717) is 41.0 Å². The Morgan fingerprint density at radius 2 is 1.88 bits per heavy atom. The Morgan fingerprint density at radius 3 is 2.67 bits per heavy atom. The number of para-hydroxylation sites is 1. The summed E-state index contributed by atoms with van der Waals surface area (Å²) in [4.78, 5) is 34.7. The van der Waals surface area contributed by atoms with E-state index in [4.69, 9.17) is 23.2 Å². The van der Waals surface area contributed by atoms with Crippen molar-refractivity contribution in [1.82, 2.24) is 20.2 Å². The number of anilines is 4. The van der Waals surface area contributed by atoms with Gasteiger partial charge in [0.05, 0.1) is 22.5 Å². The summed E-state index contributed by atoms with van der Waals surface area (Å²) in [6, 6.07) is 10.9. The number of aromatic nitrogens is 2. The summed E-state index contributed by atoms with van der Waals surface area (Å²) in [7, 11) is 3.35. The van der Waals surface area contributed by atoms with E-state index in [1.54, 1.807) is 37.2 Å². The quantitative estimate of drug-likeness (QED) is 0.491. The molecule has 3 aromatic rings. The van der Waals surface area contributed by atoms with Gasteiger partial charge in [0.2, 0.25) is 11.9 Å². The van der Waals surface area contributed by atoms with Crippen molar-refractivity contribution in [2.75, 3.05) is 24.7 Å². The Balaban J connectivity index is 1.60. The number of hydrogen-bond acceptors (Lipinski definition) is 6. The SMILES string of the molecule is CNC(=O)c1cccc(Cl)c1Nc1nc(Nc2ccc3c(c2)CN(C)C(=O)CC3)ncc1Cl. The van der Waals surface area contributed by atoms with Gasteiger partial charge in [-0.3, -0.25) is 9.59 Å². The highest BCUT2D eigenvalue weighted by Crippen LogP contribution is 2.32. The molecule has 0 aliphatic carbocycles. The number of hydrogen-bond donors (Lipinski definition) is 3. The van der Waals surface area contributed by atoms with Gasteiger partial charge in [-0.1, -0.05) is 35.3 Å². The van der Waals surface area contributed by atoms with Crippen molar-refractivity contribution in [2.24, 2.45) is 0 Å². The van der Waals surface area contributed by atoms with Crippen molar-refractivity contribution in [3.63, 3.8) is 0 Å². The van der Waals surface area contributed by atoms with E-state index in [-0.39, 0.29) is 16.8 Å². The monoisotopic (exact) mass is 484 g/mol. The molecular formula is C23H22Cl2N6O2. The fraction of sp³-hybridized carbons (Fsp3) is 0.217. The summed E-state index contributed by atoms with van der Waals surface area (Å²) >= 11 is 12.6. The van der Waals surface area contributed by atoms with E-state index in [0.717, 1.165) is 23.2 Å². The van der Waals surface area contributed by atoms with Gasteiger partial charge < -0.3 is 20.9 Å². The molecule has 2 amide bonds. The van der Waals surface area contributed by atoms with Crippen LogP contribution < -0.4 is 16.0 Å². The number of fused-ring (bicyclic) bond motifs is 1. The maximum Gasteiger partial charge on any atom is 0.253 e. The van der Waals surface area contributed by atoms with Crippen LogP contribution in [0.5, 0.6) is 0 Å². The summed E-state index contributed by atoms with van der Waals surface area (Å²) < 4.78 is 0. The fourth-order valence-electron chi connectivity index (χ4n) is 3.61. The van der Waals surface area contributed by atoms with Crippen molar-refractivity contribution in [1.29, 1.82) is 0 Å². The largest absolute Gasteiger partial charge is 0.355 e. The molecule has 170 valence electrons. The molecule has 0 fully saturated rings. The number of nitrogens with zero attached hydrogens (tertiary/aromatic N) is 3. The Hall–Kier alpha value is -3.36. The highest BCUT2D eigenvalue weighted by Gasteiger charge is 2.18. The molecule has 2 aromatic carbocycles. The number of aryl methyl sites for hydroxylation is 1. The van der Waals surface area contributed by atoms with Crippen LogP contribution >= 0.6 is 23.2 Å². The van der Waals surface area contributed by atoms with Gasteiger partial charge in [-0.15, -0.1) is 0 Å². The number of nitrogens with one attached hydrogen (secondary N) is 3. The molecule has 1 aliphatic rings. The Kier molecular flexibility index (Phi) is 6.67. The molecule has 8 nitrogen and oxygen atoms in total. The molecule has 0 radical (unpaired) electrons. The molecule has 0 saturated heterocycles. The van der Waals surface area contributed by atoms with Gasteiger partial charge in [-0.05, 0) is 41.8 Å². The van der Waals surface area contributed by atoms with Gasteiger partial charge >= 0.3 is 0 Å². The molecule has 0 unspecified atom stereocenters. The highest BCUT2D eigenvalue weighted by atomic mass is 35.5. The lowest BCUT2D eigenvalue weighted by molar-refractivity contribution is -0.130. The third-order valence-electron chi connectivity index (χ3n) is 5.38. The van der Waals surface area contributed by atoms with Crippen LogP contribution in [0, 0.1) is 0 Å². The average Bonchev–Trinajstić information content (AvgIpc) is 2.94. The second kappa shape index (κ2) is 9.64. The van der Waals surface area contributed by atoms with Crippen LogP contribution in [0.15, 0.2) is 42.6 Å². The van der Waals surface area contributed by atoms with E-state index in [2.05, 4.69) is 25.9 Å². The summed E-state index contributed by atoms with van der Waals surface area (Å²) in [5.41, 5.74) is 3.76. The zero-order chi connectivity index (χ0) is 23.5. The van der Waals surface area contributed by atoms with Crippen molar-refractivity contribution in [3.05, 3.63) is 69.3 Å². The van der Waals surface area contributed by atoms with E-state index in [9.17, 15) is 9.59 Å². The standard InChI is InChI=1S/C23H22Cl2N6O2/c1-26-22(33)16-4-3-5-17(24)20(16)29-21-18(25)11-27-23(30-21)28-15-8-6-13-7-9-19(32)31(2)12-14(13)10-15/h3-6,8,10-11H,7,9,12H2,1-2H3,(H,26,33)(H2,27,28,29,30). The normalized spacial score (nSPS) is 13.2. The molecular weight excluding hydrogens is 463 g/mol. The molecule has 0 bridgehead atoms. The Bertz CT molecular complexity index is 1230. The van der Waals surface area contributed by atoms with Crippen molar-refractivity contribution < 1.29 is 9.59 Å². The number of carbonyl (C=O) groups excluding carboxylic acids is 2. The number of carbonyl (C=O) groups is 2. The fourth-order valence-corrected chi connectivity index (χ4v) is 3.97. The zero-order valence-electron chi connectivity index (χ0n) is 18.1. The van der Waals surface area contributed by atoms with E-state index in [1.165, 1.54) is 6.20 Å². The minimum absolute atomic E-state index is 0.133. The van der Waals surface area contributed by atoms with E-state index < -0.39 is 0 Å². The maximum atomic E-state index is 12.2. The lowest BCUT2D eigenvalue weighted by Gasteiger charge is -2.16. The first-order valence-electron chi connectivity index (χ1n) is 10.3. The molecule has 10 heteroatoms. The van der Waals surface area contributed by atoms with Crippen molar-refractivity contribution >= 4 is 58.2 Å². The van der Waals surface area contributed by atoms with Crippen LogP contribution in [-0.4, -0.2) is 40.8 Å². The van der Waals surface area contributed by atoms with Gasteiger partial charge in [0.25, 0.3) is 5.91 Å². The average molecular weight is 485 g/mol. The van der Waals surface area contributed by atoms with Crippen LogP contribution in [0.25, 0.3) is 0 Å². The lowest BCUT2D eigenvalue weighted by Crippen LogP contribution is -2.24. The van der Waals surface area contributed by atoms with Crippen molar-refractivity contribution in [3.8, 4) is 0 Å². The first-order valence-corrected chi connectivity index (χ1v) is 11.0. The predicted molar refractivity (Wildman–Crippen MR) is 130 cm³/mol. The summed E-state index contributed by atoms with van der Waals surface area (Å²) in [6.45, 7) is 0.548. The highest BCUT2D eigenvalue weighted by molar-refractivity contribution is 6.35. The number of rotatable bonds is 5. The molecule has 0 spiro atoms. The third-order valence-corrected chi connectivity index (χ3v) is 5.97. The van der Waals surface area contributed by atoms with Gasteiger partial charge in [-0.25, -0.2) is 4.98 Å². The first-order chi connectivity index (χ1) is 15.9. The van der Waals surface area contributed by atoms with Crippen LogP contribution in [0.4, 0.5) is 23.1 Å². The van der Waals surface area contributed by atoms with Crippen LogP contribution in [0.3, 0.4) is 0 Å². The van der Waals surface area contributed by atoms with Crippen molar-refractivity contribution in [2.45, 2.75) is 19.4 Å². The second-order valence-corrected chi connectivity index (χ2v) is 8.43. The summed E-state index contributed by atoms with van der Waals surface area (Å²) in [6.07, 6.45) is 2.69. The molecule has 3 N–H and O–H groups in total. The Morgan fingerprint density at radius 1 is 1.06 bits per heavy atom. The second-order valence-electron chi connectivity index (χ2n) is 7.61. The minimum atomic E-state index is -0.294. The lowest BCUT2D eigenvalue weighted by atomic mass is 10.0. The Labute approximate surface area is 201 Å². The number of amides is 2. The van der Waals surface area contributed by atoms with Gasteiger partial charge in [0, 0.05) is 32.7 Å². The molecule has 1 aliphatic heterocycles. The predicted octanol–water partition coefficient (Wildman–Crippen LogP) is 4.53. The zero-order valence-corrected chi connectivity index (χ0v) is 19.6. The molecule has 33 heavy (non-hydrogen) atoms. The van der Waals surface area contributed by atoms with E-state index >= 15 is 0 Å². The summed E-state index contributed by atoms with van der Waals surface area (Å²) in [5.74, 6) is 0.450. The molecule has 2 heterocycles. The van der Waals surface area contributed by atoms with Crippen LogP contribution in [0.2, 0.25) is 10.0 Å². The topological polar surface area (TPSA) is 99.2 Å². The van der Waals surface area contributed by atoms with Crippen LogP contribution in [-0.2, 0) is 17.8 Å². The molecule has 0 saturated carbocycles. The van der Waals surface area contributed by atoms with Crippen LogP contribution in [0.1, 0.15) is 27.9 Å². The first kappa shape index (κ1) is 22.8. The number of benzene rings is 2. The van der Waals surface area contributed by atoms with Gasteiger partial charge in [-0.2, -0.15) is 4.98 Å². The van der Waals surface area contributed by atoms with Gasteiger partial charge in [0.1, 0.15) is 5.02 Å². The molecule has 1 aromatic heterocycles. The molecule has 4 rings (SSSR count). The third kappa shape index (κ3) is 5.02. The van der Waals surface area contributed by atoms with Gasteiger partial charge in [0.15, 0.2) is 5.82 Å². The maximum absolute atomic E-state index is 12.2. The van der Waals surface area contributed by atoms with E-state index in [1.807, 2.05) is 18.2 Å². The smallest absolute Gasteiger partial charge is 0.253 e. The summed E-state index contributed by atoms with van der Waals surface area (Å²) in [5, 5.41) is 9.45.